The Morgan fingerprint density at radius 1 is 1.62 bits per heavy atom. The Morgan fingerprint density at radius 2 is 2.31 bits per heavy atom. The predicted octanol–water partition coefficient (Wildman–Crippen LogP) is -1.21. The third-order valence-electron chi connectivity index (χ3n) is 1.68. The largest absolute Gasteiger partial charge is 0.282 e. The van der Waals surface area contributed by atoms with E-state index in [0.717, 1.165) is 15.9 Å². The zero-order valence-corrected chi connectivity index (χ0v) is 9.21. The number of rotatable bonds is 1. The molecule has 0 unspecified atom stereocenters. The minimum Gasteiger partial charge on any atom is -0.282 e. The first-order valence-corrected chi connectivity index (χ1v) is 6.16. The lowest BCUT2D eigenvalue weighted by molar-refractivity contribution is 0.594. The third-order valence-corrected chi connectivity index (χ3v) is 3.91. The zero-order valence-electron chi connectivity index (χ0n) is 7.58. The summed E-state index contributed by atoms with van der Waals surface area (Å²) >= 11 is 0.736. The maximum Gasteiger partial charge on any atom is 0.267 e. The topological polar surface area (TPSA) is 138 Å². The number of hydrogen-bond donors (Lipinski definition) is 2. The van der Waals surface area contributed by atoms with E-state index in [-0.39, 0.29) is 20.4 Å². The van der Waals surface area contributed by atoms with Gasteiger partial charge in [-0.1, -0.05) is 11.3 Å². The van der Waals surface area contributed by atoms with Gasteiger partial charge in [-0.3, -0.25) is 5.41 Å². The fraction of sp³-hybridized carbons (Fsp3) is 0. The summed E-state index contributed by atoms with van der Waals surface area (Å²) in [5.41, 5.74) is -0.220. The lowest BCUT2D eigenvalue weighted by Gasteiger charge is -1.91. The molecular weight excluding hydrogens is 252 g/mol. The molecule has 16 heavy (non-hydrogen) atoms. The Bertz CT molecular complexity index is 764. The molecule has 82 valence electrons. The molecule has 0 aliphatic rings. The van der Waals surface area contributed by atoms with Crippen LogP contribution in [-0.2, 0) is 10.0 Å². The predicted molar refractivity (Wildman–Crippen MR) is 52.8 cm³/mol. The molecule has 0 amide bonds. The molecule has 0 saturated carbocycles. The lowest BCUT2D eigenvalue weighted by atomic mass is 10.4. The van der Waals surface area contributed by atoms with Crippen molar-refractivity contribution >= 4 is 26.3 Å². The van der Waals surface area contributed by atoms with Crippen LogP contribution in [0.25, 0.3) is 4.96 Å². The Hall–Kier alpha value is -1.83. The second-order valence-corrected chi connectivity index (χ2v) is 5.43. The number of nitrogens with one attached hydrogen (secondary N) is 1. The van der Waals surface area contributed by atoms with E-state index in [1.165, 1.54) is 6.20 Å². The smallest absolute Gasteiger partial charge is 0.267 e. The van der Waals surface area contributed by atoms with E-state index in [4.69, 9.17) is 15.8 Å². The molecular formula is C6H4N6O2S2. The molecule has 8 nitrogen and oxygen atoms in total. The van der Waals surface area contributed by atoms with Crippen LogP contribution in [0.15, 0.2) is 10.5 Å². The highest BCUT2D eigenvalue weighted by Crippen LogP contribution is 2.14. The van der Waals surface area contributed by atoms with Gasteiger partial charge in [-0.25, -0.2) is 18.5 Å². The van der Waals surface area contributed by atoms with Gasteiger partial charge in [0.25, 0.3) is 10.0 Å². The molecule has 0 aliphatic heterocycles. The van der Waals surface area contributed by atoms with E-state index in [9.17, 15) is 8.42 Å². The highest BCUT2D eigenvalue weighted by molar-refractivity contribution is 7.91. The van der Waals surface area contributed by atoms with Gasteiger partial charge in [0.2, 0.25) is 9.30 Å². The van der Waals surface area contributed by atoms with Crippen LogP contribution in [0.2, 0.25) is 0 Å². The molecule has 2 heterocycles. The van der Waals surface area contributed by atoms with Crippen molar-refractivity contribution in [2.75, 3.05) is 0 Å². The number of fused-ring (bicyclic) bond motifs is 1. The van der Waals surface area contributed by atoms with Crippen molar-refractivity contribution in [2.45, 2.75) is 4.34 Å². The fourth-order valence-corrected chi connectivity index (χ4v) is 2.47. The van der Waals surface area contributed by atoms with Crippen molar-refractivity contribution in [3.8, 4) is 6.07 Å². The molecule has 0 aliphatic carbocycles. The summed E-state index contributed by atoms with van der Waals surface area (Å²) in [6, 6.07) is 1.75. The Labute approximate surface area is 93.2 Å². The van der Waals surface area contributed by atoms with E-state index in [1.54, 1.807) is 6.07 Å². The minimum atomic E-state index is -3.92. The van der Waals surface area contributed by atoms with Crippen LogP contribution < -0.4 is 10.6 Å². The summed E-state index contributed by atoms with van der Waals surface area (Å²) in [5.74, 6) is 0. The fourth-order valence-electron chi connectivity index (χ4n) is 0.985. The molecule has 0 aromatic carbocycles. The quantitative estimate of drug-likeness (QED) is 0.659. The average molecular weight is 256 g/mol. The van der Waals surface area contributed by atoms with Gasteiger partial charge in [-0.15, -0.1) is 5.10 Å². The van der Waals surface area contributed by atoms with Gasteiger partial charge in [0, 0.05) is 0 Å². The first-order valence-electron chi connectivity index (χ1n) is 3.80. The van der Waals surface area contributed by atoms with E-state index < -0.39 is 10.0 Å². The Kier molecular flexibility index (Phi) is 2.23. The van der Waals surface area contributed by atoms with Crippen molar-refractivity contribution in [3.05, 3.63) is 17.2 Å². The highest BCUT2D eigenvalue weighted by atomic mass is 32.2. The number of primary sulfonamides is 1. The molecule has 2 aromatic rings. The second-order valence-electron chi connectivity index (χ2n) is 2.74. The molecule has 0 atom stereocenters. The van der Waals surface area contributed by atoms with Gasteiger partial charge in [-0.2, -0.15) is 9.78 Å². The molecule has 0 spiro atoms. The summed E-state index contributed by atoms with van der Waals surface area (Å²) in [5, 5.41) is 24.7. The standard InChI is InChI=1S/C6H4N6O2S2/c7-1-3-2-10-5-12(4(3)8)11-6(15-5)16(9,13)14/h2,8H,(H2,9,13,14). The number of nitrogens with zero attached hydrogens (tertiary/aromatic N) is 4. The summed E-state index contributed by atoms with van der Waals surface area (Å²) in [7, 11) is -3.92. The maximum atomic E-state index is 11.0. The van der Waals surface area contributed by atoms with Crippen LogP contribution in [0.1, 0.15) is 5.56 Å². The van der Waals surface area contributed by atoms with Crippen molar-refractivity contribution in [1.29, 1.82) is 10.7 Å². The van der Waals surface area contributed by atoms with Crippen LogP contribution in [0, 0.1) is 16.7 Å². The molecule has 10 heteroatoms. The van der Waals surface area contributed by atoms with Gasteiger partial charge >= 0.3 is 0 Å². The normalized spacial score (nSPS) is 11.5. The lowest BCUT2D eigenvalue weighted by Crippen LogP contribution is -2.19. The van der Waals surface area contributed by atoms with Gasteiger partial charge in [0.1, 0.15) is 11.6 Å². The van der Waals surface area contributed by atoms with E-state index in [0.29, 0.717) is 0 Å². The number of nitriles is 1. The Morgan fingerprint density at radius 3 is 2.88 bits per heavy atom. The monoisotopic (exact) mass is 256 g/mol. The van der Waals surface area contributed by atoms with Crippen LogP contribution in [-0.4, -0.2) is 23.0 Å². The van der Waals surface area contributed by atoms with Gasteiger partial charge in [0.15, 0.2) is 5.49 Å². The number of aromatic nitrogens is 3. The number of nitrogens with two attached hydrogens (primary N) is 1. The number of sulfonamides is 1. The first-order chi connectivity index (χ1) is 7.43. The van der Waals surface area contributed by atoms with Gasteiger partial charge in [0.05, 0.1) is 6.20 Å². The molecule has 0 radical (unpaired) electrons. The summed E-state index contributed by atoms with van der Waals surface area (Å²) in [4.78, 5) is 3.99. The molecule has 0 fully saturated rings. The molecule has 0 saturated heterocycles. The van der Waals surface area contributed by atoms with Crippen LogP contribution >= 0.6 is 11.3 Å². The van der Waals surface area contributed by atoms with Gasteiger partial charge < -0.3 is 0 Å². The molecule has 3 N–H and O–H groups in total. The molecule has 2 rings (SSSR count). The summed E-state index contributed by atoms with van der Waals surface area (Å²) in [6.07, 6.45) is 1.18. The average Bonchev–Trinajstić information content (AvgIpc) is 2.62. The van der Waals surface area contributed by atoms with Crippen LogP contribution in [0.5, 0.6) is 0 Å². The summed E-state index contributed by atoms with van der Waals surface area (Å²) in [6.45, 7) is 0. The first kappa shape index (κ1) is 10.7. The maximum absolute atomic E-state index is 11.0. The van der Waals surface area contributed by atoms with Crippen molar-refractivity contribution in [3.63, 3.8) is 0 Å². The van der Waals surface area contributed by atoms with E-state index in [1.807, 2.05) is 0 Å². The van der Waals surface area contributed by atoms with Crippen LogP contribution in [0.4, 0.5) is 0 Å². The molecule has 0 bridgehead atoms. The van der Waals surface area contributed by atoms with E-state index >= 15 is 0 Å². The van der Waals surface area contributed by atoms with E-state index in [2.05, 4.69) is 10.1 Å². The van der Waals surface area contributed by atoms with Crippen molar-refractivity contribution < 1.29 is 8.42 Å². The highest BCUT2D eigenvalue weighted by Gasteiger charge is 2.16. The Balaban J connectivity index is 2.89. The van der Waals surface area contributed by atoms with Crippen LogP contribution in [0.3, 0.4) is 0 Å². The number of hydrogen-bond acceptors (Lipinski definition) is 7. The van der Waals surface area contributed by atoms with Gasteiger partial charge in [-0.05, 0) is 0 Å². The third kappa shape index (κ3) is 1.56. The summed E-state index contributed by atoms with van der Waals surface area (Å²) < 4.78 is 22.7. The minimum absolute atomic E-state index is 0.00349. The van der Waals surface area contributed by atoms with Crippen molar-refractivity contribution in [1.82, 2.24) is 14.6 Å². The second kappa shape index (κ2) is 3.34. The molecule has 2 aromatic heterocycles. The SMILES string of the molecule is N#Cc1cnc2sc(S(N)(=O)=O)nn2c1=N. The zero-order chi connectivity index (χ0) is 11.9. The van der Waals surface area contributed by atoms with Crippen molar-refractivity contribution in [2.24, 2.45) is 5.14 Å².